The van der Waals surface area contributed by atoms with Crippen LogP contribution in [0.1, 0.15) is 5.56 Å². The molecule has 0 aliphatic rings. The molecule has 146 valence electrons. The van der Waals surface area contributed by atoms with Gasteiger partial charge in [-0.1, -0.05) is 30.3 Å². The van der Waals surface area contributed by atoms with Crippen molar-refractivity contribution in [2.24, 2.45) is 5.73 Å². The molecular weight excluding hydrogens is 373 g/mol. The molecule has 7 nitrogen and oxygen atoms in total. The summed E-state index contributed by atoms with van der Waals surface area (Å²) in [5.74, 6) is -1.22. The largest absolute Gasteiger partial charge is 0.382 e. The number of nitrogens with two attached hydrogens (primary N) is 1. The van der Waals surface area contributed by atoms with Crippen LogP contribution in [-0.4, -0.2) is 44.7 Å². The van der Waals surface area contributed by atoms with Crippen molar-refractivity contribution >= 4 is 15.9 Å². The molecule has 1 amide bonds. The lowest BCUT2D eigenvalue weighted by Crippen LogP contribution is -2.48. The van der Waals surface area contributed by atoms with Crippen molar-refractivity contribution in [3.8, 4) is 0 Å². The molecular formula is C18H22FN3O4S. The van der Waals surface area contributed by atoms with Gasteiger partial charge in [-0.05, 0) is 36.2 Å². The van der Waals surface area contributed by atoms with Gasteiger partial charge in [-0.15, -0.1) is 0 Å². The molecule has 0 bridgehead atoms. The van der Waals surface area contributed by atoms with Crippen molar-refractivity contribution in [1.82, 2.24) is 10.0 Å². The summed E-state index contributed by atoms with van der Waals surface area (Å²) in [6, 6.07) is 12.8. The highest BCUT2D eigenvalue weighted by atomic mass is 32.2. The van der Waals surface area contributed by atoms with E-state index in [1.165, 1.54) is 0 Å². The van der Waals surface area contributed by atoms with Gasteiger partial charge < -0.3 is 16.2 Å². The summed E-state index contributed by atoms with van der Waals surface area (Å²) in [7, 11) is -3.81. The first-order chi connectivity index (χ1) is 12.8. The van der Waals surface area contributed by atoms with Crippen LogP contribution < -0.4 is 15.8 Å². The van der Waals surface area contributed by atoms with Crippen LogP contribution >= 0.6 is 0 Å². The van der Waals surface area contributed by atoms with E-state index in [0.717, 1.165) is 29.8 Å². The van der Waals surface area contributed by atoms with Gasteiger partial charge >= 0.3 is 0 Å². The van der Waals surface area contributed by atoms with E-state index >= 15 is 0 Å². The molecule has 0 saturated heterocycles. The summed E-state index contributed by atoms with van der Waals surface area (Å²) in [4.78, 5) is 11.9. The van der Waals surface area contributed by atoms with Crippen molar-refractivity contribution in [2.45, 2.75) is 23.5 Å². The standard InChI is InChI=1S/C18H22FN3O4S/c19-14-6-8-15(9-7-14)27(25,26)22-11-10-21-18(24)17(23)16(20)12-13-4-2-1-3-5-13/h1-9,16-17,22-23H,10-12,20H2,(H,21,24)/t16-,17?/m0/s1. The molecule has 0 saturated carbocycles. The maximum Gasteiger partial charge on any atom is 0.250 e. The molecule has 2 rings (SSSR count). The maximum absolute atomic E-state index is 12.9. The summed E-state index contributed by atoms with van der Waals surface area (Å²) in [5.41, 5.74) is 6.75. The highest BCUT2D eigenvalue weighted by Gasteiger charge is 2.23. The predicted molar refractivity (Wildman–Crippen MR) is 98.7 cm³/mol. The lowest BCUT2D eigenvalue weighted by molar-refractivity contribution is -0.130. The normalized spacial score (nSPS) is 13.7. The third-order valence-electron chi connectivity index (χ3n) is 3.83. The Hall–Kier alpha value is -2.33. The number of hydrogen-bond acceptors (Lipinski definition) is 5. The Bertz CT molecular complexity index is 845. The van der Waals surface area contributed by atoms with E-state index in [9.17, 15) is 22.7 Å². The number of benzene rings is 2. The van der Waals surface area contributed by atoms with Crippen LogP contribution in [0.25, 0.3) is 0 Å². The third kappa shape index (κ3) is 6.40. The minimum absolute atomic E-state index is 0.0334. The van der Waals surface area contributed by atoms with Gasteiger partial charge in [0.1, 0.15) is 11.9 Å². The fourth-order valence-corrected chi connectivity index (χ4v) is 3.40. The summed E-state index contributed by atoms with van der Waals surface area (Å²) >= 11 is 0. The lowest BCUT2D eigenvalue weighted by atomic mass is 10.0. The van der Waals surface area contributed by atoms with Gasteiger partial charge in [0.15, 0.2) is 0 Å². The average Bonchev–Trinajstić information content (AvgIpc) is 2.65. The molecule has 0 heterocycles. The lowest BCUT2D eigenvalue weighted by Gasteiger charge is -2.18. The first kappa shape index (κ1) is 21.0. The zero-order chi connectivity index (χ0) is 19.9. The zero-order valence-electron chi connectivity index (χ0n) is 14.5. The van der Waals surface area contributed by atoms with Crippen molar-refractivity contribution in [2.75, 3.05) is 13.1 Å². The van der Waals surface area contributed by atoms with Crippen molar-refractivity contribution in [3.63, 3.8) is 0 Å². The molecule has 0 fully saturated rings. The van der Waals surface area contributed by atoms with E-state index in [-0.39, 0.29) is 18.0 Å². The van der Waals surface area contributed by atoms with Gasteiger partial charge in [0.25, 0.3) is 5.91 Å². The number of nitrogens with one attached hydrogen (secondary N) is 2. The first-order valence-corrected chi connectivity index (χ1v) is 9.78. The van der Waals surface area contributed by atoms with Gasteiger partial charge in [0, 0.05) is 19.1 Å². The predicted octanol–water partition coefficient (Wildman–Crippen LogP) is 0.151. The second-order valence-electron chi connectivity index (χ2n) is 5.94. The minimum atomic E-state index is -3.81. The molecule has 0 aromatic heterocycles. The molecule has 0 spiro atoms. The number of carbonyl (C=O) groups is 1. The minimum Gasteiger partial charge on any atom is -0.382 e. The second-order valence-corrected chi connectivity index (χ2v) is 7.71. The summed E-state index contributed by atoms with van der Waals surface area (Å²) < 4.78 is 39.2. The van der Waals surface area contributed by atoms with Crippen LogP contribution in [-0.2, 0) is 21.2 Å². The molecule has 9 heteroatoms. The van der Waals surface area contributed by atoms with Crippen LogP contribution in [0.5, 0.6) is 0 Å². The van der Waals surface area contributed by atoms with E-state index in [4.69, 9.17) is 5.73 Å². The highest BCUT2D eigenvalue weighted by Crippen LogP contribution is 2.09. The quantitative estimate of drug-likeness (QED) is 0.451. The number of aliphatic hydroxyl groups is 1. The molecule has 5 N–H and O–H groups in total. The summed E-state index contributed by atoms with van der Waals surface area (Å²) in [6.45, 7) is -0.125. The summed E-state index contributed by atoms with van der Waals surface area (Å²) in [5, 5.41) is 12.4. The van der Waals surface area contributed by atoms with Gasteiger partial charge in [-0.25, -0.2) is 17.5 Å². The average molecular weight is 395 g/mol. The molecule has 1 unspecified atom stereocenters. The Morgan fingerprint density at radius 2 is 1.70 bits per heavy atom. The molecule has 2 aromatic rings. The number of carbonyl (C=O) groups excluding carboxylic acids is 1. The Morgan fingerprint density at radius 1 is 1.07 bits per heavy atom. The van der Waals surface area contributed by atoms with E-state index in [1.54, 1.807) is 0 Å². The third-order valence-corrected chi connectivity index (χ3v) is 5.31. The van der Waals surface area contributed by atoms with Crippen LogP contribution in [0.15, 0.2) is 59.5 Å². The molecule has 0 aliphatic carbocycles. The Morgan fingerprint density at radius 3 is 2.33 bits per heavy atom. The number of halogens is 1. The molecule has 0 aliphatic heterocycles. The van der Waals surface area contributed by atoms with E-state index in [1.807, 2.05) is 30.3 Å². The van der Waals surface area contributed by atoms with Crippen molar-refractivity contribution in [1.29, 1.82) is 0 Å². The zero-order valence-corrected chi connectivity index (χ0v) is 15.3. The monoisotopic (exact) mass is 395 g/mol. The Balaban J connectivity index is 1.77. The van der Waals surface area contributed by atoms with Gasteiger partial charge in [0.2, 0.25) is 10.0 Å². The second kappa shape index (κ2) is 9.56. The van der Waals surface area contributed by atoms with Crippen molar-refractivity contribution < 1.29 is 22.7 Å². The van der Waals surface area contributed by atoms with Crippen LogP contribution in [0, 0.1) is 5.82 Å². The van der Waals surface area contributed by atoms with Gasteiger partial charge in [-0.2, -0.15) is 0 Å². The molecule has 2 aromatic carbocycles. The maximum atomic E-state index is 12.9. The number of hydrogen-bond donors (Lipinski definition) is 4. The van der Waals surface area contributed by atoms with Gasteiger partial charge in [-0.3, -0.25) is 4.79 Å². The number of rotatable bonds is 9. The Labute approximate surface area is 157 Å². The van der Waals surface area contributed by atoms with E-state index in [2.05, 4.69) is 10.0 Å². The smallest absolute Gasteiger partial charge is 0.250 e. The van der Waals surface area contributed by atoms with Crippen LogP contribution in [0.4, 0.5) is 4.39 Å². The van der Waals surface area contributed by atoms with Gasteiger partial charge in [0.05, 0.1) is 4.90 Å². The number of sulfonamides is 1. The topological polar surface area (TPSA) is 122 Å². The molecule has 27 heavy (non-hydrogen) atoms. The van der Waals surface area contributed by atoms with E-state index in [0.29, 0.717) is 6.42 Å². The molecule has 0 radical (unpaired) electrons. The number of amides is 1. The fraction of sp³-hybridized carbons (Fsp3) is 0.278. The fourth-order valence-electron chi connectivity index (χ4n) is 2.37. The highest BCUT2D eigenvalue weighted by molar-refractivity contribution is 7.89. The van der Waals surface area contributed by atoms with Crippen LogP contribution in [0.3, 0.4) is 0 Å². The number of aliphatic hydroxyl groups excluding tert-OH is 1. The molecule has 2 atom stereocenters. The van der Waals surface area contributed by atoms with Crippen molar-refractivity contribution in [3.05, 3.63) is 66.0 Å². The SMILES string of the molecule is N[C@@H](Cc1ccccc1)C(O)C(=O)NCCNS(=O)(=O)c1ccc(F)cc1. The Kier molecular flexibility index (Phi) is 7.43. The van der Waals surface area contributed by atoms with E-state index < -0.39 is 33.9 Å². The first-order valence-electron chi connectivity index (χ1n) is 8.30. The summed E-state index contributed by atoms with van der Waals surface area (Å²) in [6.07, 6.45) is -1.09. The van der Waals surface area contributed by atoms with Crippen LogP contribution in [0.2, 0.25) is 0 Å².